The zero-order valence-electron chi connectivity index (χ0n) is 9.33. The molecule has 1 aromatic rings. The van der Waals surface area contributed by atoms with E-state index in [-0.39, 0.29) is 0 Å². The van der Waals surface area contributed by atoms with Crippen LogP contribution in [0, 0.1) is 0 Å². The average molecular weight is 219 g/mol. The van der Waals surface area contributed by atoms with Crippen molar-refractivity contribution >= 4 is 0 Å². The van der Waals surface area contributed by atoms with Crippen LogP contribution >= 0.6 is 0 Å². The summed E-state index contributed by atoms with van der Waals surface area (Å²) in [4.78, 5) is 0. The van der Waals surface area contributed by atoms with Crippen LogP contribution in [0.4, 0.5) is 0 Å². The van der Waals surface area contributed by atoms with Gasteiger partial charge in [-0.25, -0.2) is 0 Å². The van der Waals surface area contributed by atoms with Crippen molar-refractivity contribution in [1.29, 1.82) is 0 Å². The summed E-state index contributed by atoms with van der Waals surface area (Å²) in [6.07, 6.45) is 2.91. The van der Waals surface area contributed by atoms with E-state index in [0.717, 1.165) is 43.7 Å². The number of nitrogens with one attached hydrogen (secondary N) is 1. The van der Waals surface area contributed by atoms with Gasteiger partial charge in [-0.1, -0.05) is 18.2 Å². The molecule has 1 fully saturated rings. The van der Waals surface area contributed by atoms with Crippen LogP contribution in [-0.2, 0) is 12.0 Å². The Morgan fingerprint density at radius 2 is 2.31 bits per heavy atom. The van der Waals surface area contributed by atoms with E-state index in [0.29, 0.717) is 6.54 Å². The molecule has 1 saturated heterocycles. The van der Waals surface area contributed by atoms with Gasteiger partial charge in [-0.05, 0) is 31.4 Å². The first-order valence-corrected chi connectivity index (χ1v) is 5.98. The highest BCUT2D eigenvalue weighted by Gasteiger charge is 2.36. The molecule has 16 heavy (non-hydrogen) atoms. The molecule has 0 radical (unpaired) electrons. The summed E-state index contributed by atoms with van der Waals surface area (Å²) in [6.45, 7) is 2.28. The molecule has 0 spiro atoms. The molecule has 2 N–H and O–H groups in total. The molecule has 3 rings (SSSR count). The first-order valence-electron chi connectivity index (χ1n) is 5.98. The van der Waals surface area contributed by atoms with Gasteiger partial charge in [-0.2, -0.15) is 0 Å². The highest BCUT2D eigenvalue weighted by atomic mass is 16.5. The predicted octanol–water partition coefficient (Wildman–Crippen LogP) is 1.19. The fourth-order valence-electron chi connectivity index (χ4n) is 2.66. The van der Waals surface area contributed by atoms with Gasteiger partial charge in [-0.3, -0.25) is 0 Å². The van der Waals surface area contributed by atoms with E-state index in [1.165, 1.54) is 5.56 Å². The fraction of sp³-hybridized carbons (Fsp3) is 0.538. The summed E-state index contributed by atoms with van der Waals surface area (Å²) in [5.41, 5.74) is 1.47. The molecule has 0 aliphatic carbocycles. The van der Waals surface area contributed by atoms with Gasteiger partial charge < -0.3 is 15.2 Å². The van der Waals surface area contributed by atoms with Crippen LogP contribution in [0.3, 0.4) is 0 Å². The van der Waals surface area contributed by atoms with Crippen LogP contribution in [0.25, 0.3) is 0 Å². The summed E-state index contributed by atoms with van der Waals surface area (Å²) < 4.78 is 5.74. The molecular formula is C13H17NO2. The van der Waals surface area contributed by atoms with E-state index in [4.69, 9.17) is 4.74 Å². The highest BCUT2D eigenvalue weighted by molar-refractivity contribution is 5.46. The monoisotopic (exact) mass is 219 g/mol. The van der Waals surface area contributed by atoms with Gasteiger partial charge in [0.25, 0.3) is 0 Å². The molecule has 0 bridgehead atoms. The van der Waals surface area contributed by atoms with Gasteiger partial charge in [0.05, 0.1) is 6.61 Å². The summed E-state index contributed by atoms with van der Waals surface area (Å²) in [7, 11) is 0. The Balaban J connectivity index is 2.06. The summed E-state index contributed by atoms with van der Waals surface area (Å²) in [5, 5.41) is 13.8. The van der Waals surface area contributed by atoms with Gasteiger partial charge in [-0.15, -0.1) is 0 Å². The van der Waals surface area contributed by atoms with Crippen molar-refractivity contribution in [2.45, 2.75) is 24.9 Å². The van der Waals surface area contributed by atoms with Crippen molar-refractivity contribution < 1.29 is 9.84 Å². The largest absolute Gasteiger partial charge is 0.493 e. The molecule has 86 valence electrons. The maximum atomic E-state index is 10.6. The lowest BCUT2D eigenvalue weighted by Gasteiger charge is -2.28. The van der Waals surface area contributed by atoms with E-state index in [2.05, 4.69) is 11.4 Å². The SMILES string of the molecule is OC1(c2cccc3c2OCCC3)CCNC1. The number of aliphatic hydroxyl groups is 1. The summed E-state index contributed by atoms with van der Waals surface area (Å²) in [5.74, 6) is 0.931. The smallest absolute Gasteiger partial charge is 0.128 e. The Morgan fingerprint density at radius 1 is 1.38 bits per heavy atom. The van der Waals surface area contributed by atoms with Crippen LogP contribution in [0.5, 0.6) is 5.75 Å². The molecule has 3 nitrogen and oxygen atoms in total. The number of rotatable bonds is 1. The Bertz CT molecular complexity index is 397. The second-order valence-electron chi connectivity index (χ2n) is 4.70. The molecule has 0 aromatic heterocycles. The number of benzene rings is 1. The van der Waals surface area contributed by atoms with E-state index in [1.54, 1.807) is 0 Å². The minimum absolute atomic E-state index is 0.632. The first kappa shape index (κ1) is 10.1. The van der Waals surface area contributed by atoms with Crippen molar-refractivity contribution in [1.82, 2.24) is 5.32 Å². The molecule has 2 aliphatic heterocycles. The number of fused-ring (bicyclic) bond motifs is 1. The van der Waals surface area contributed by atoms with Gasteiger partial charge in [0.2, 0.25) is 0 Å². The molecular weight excluding hydrogens is 202 g/mol. The van der Waals surface area contributed by atoms with Crippen molar-refractivity contribution in [2.24, 2.45) is 0 Å². The minimum atomic E-state index is -0.733. The molecule has 2 aliphatic rings. The van der Waals surface area contributed by atoms with Gasteiger partial charge in [0, 0.05) is 12.1 Å². The Kier molecular flexibility index (Phi) is 2.37. The number of para-hydroxylation sites is 1. The molecule has 1 unspecified atom stereocenters. The molecule has 3 heteroatoms. The van der Waals surface area contributed by atoms with Crippen molar-refractivity contribution in [3.63, 3.8) is 0 Å². The van der Waals surface area contributed by atoms with Gasteiger partial charge in [0.1, 0.15) is 11.4 Å². The lowest BCUT2D eigenvalue weighted by Crippen LogP contribution is -2.30. The maximum Gasteiger partial charge on any atom is 0.128 e. The predicted molar refractivity (Wildman–Crippen MR) is 61.6 cm³/mol. The third-order valence-corrected chi connectivity index (χ3v) is 3.57. The number of ether oxygens (including phenoxy) is 1. The van der Waals surface area contributed by atoms with Crippen LogP contribution in [-0.4, -0.2) is 24.8 Å². The third kappa shape index (κ3) is 1.51. The van der Waals surface area contributed by atoms with Crippen LogP contribution in [0.1, 0.15) is 24.0 Å². The number of β-amino-alcohol motifs (C(OH)–C–C–N with tert-alkyl or cyclic N) is 1. The van der Waals surface area contributed by atoms with Gasteiger partial charge in [0.15, 0.2) is 0 Å². The molecule has 1 atom stereocenters. The standard InChI is InChI=1S/C13H17NO2/c15-13(6-7-14-9-13)11-5-1-3-10-4-2-8-16-12(10)11/h1,3,5,14-15H,2,4,6-9H2. The zero-order valence-corrected chi connectivity index (χ0v) is 9.33. The van der Waals surface area contributed by atoms with Crippen LogP contribution < -0.4 is 10.1 Å². The lowest BCUT2D eigenvalue weighted by molar-refractivity contribution is 0.0546. The summed E-state index contributed by atoms with van der Waals surface area (Å²) >= 11 is 0. The van der Waals surface area contributed by atoms with E-state index in [1.807, 2.05) is 12.1 Å². The minimum Gasteiger partial charge on any atom is -0.493 e. The number of aryl methyl sites for hydroxylation is 1. The Labute approximate surface area is 95.4 Å². The van der Waals surface area contributed by atoms with Crippen molar-refractivity contribution in [2.75, 3.05) is 19.7 Å². The van der Waals surface area contributed by atoms with Crippen LogP contribution in [0.2, 0.25) is 0 Å². The lowest BCUT2D eigenvalue weighted by atomic mass is 9.89. The topological polar surface area (TPSA) is 41.5 Å². The maximum absolute atomic E-state index is 10.6. The van der Waals surface area contributed by atoms with Gasteiger partial charge >= 0.3 is 0 Å². The second-order valence-corrected chi connectivity index (χ2v) is 4.70. The molecule has 1 aromatic carbocycles. The zero-order chi connectivity index (χ0) is 11.0. The number of hydrogen-bond acceptors (Lipinski definition) is 3. The highest BCUT2D eigenvalue weighted by Crippen LogP contribution is 2.38. The van der Waals surface area contributed by atoms with Crippen molar-refractivity contribution in [3.05, 3.63) is 29.3 Å². The molecule has 2 heterocycles. The fourth-order valence-corrected chi connectivity index (χ4v) is 2.66. The van der Waals surface area contributed by atoms with E-state index < -0.39 is 5.60 Å². The van der Waals surface area contributed by atoms with E-state index in [9.17, 15) is 5.11 Å². The Morgan fingerprint density at radius 3 is 3.12 bits per heavy atom. The average Bonchev–Trinajstić information content (AvgIpc) is 2.77. The first-order chi connectivity index (χ1) is 7.80. The Hall–Kier alpha value is -1.06. The molecule has 0 saturated carbocycles. The second kappa shape index (κ2) is 3.75. The molecule has 0 amide bonds. The third-order valence-electron chi connectivity index (χ3n) is 3.57. The summed E-state index contributed by atoms with van der Waals surface area (Å²) in [6, 6.07) is 6.13. The van der Waals surface area contributed by atoms with Crippen molar-refractivity contribution in [3.8, 4) is 5.75 Å². The normalized spacial score (nSPS) is 28.6. The van der Waals surface area contributed by atoms with E-state index >= 15 is 0 Å². The quantitative estimate of drug-likeness (QED) is 0.745. The number of hydrogen-bond donors (Lipinski definition) is 2. The van der Waals surface area contributed by atoms with Crippen LogP contribution in [0.15, 0.2) is 18.2 Å².